The third kappa shape index (κ3) is 4.86. The highest BCUT2D eigenvalue weighted by Gasteiger charge is 2.21. The normalized spacial score (nSPS) is 14.6. The van der Waals surface area contributed by atoms with E-state index in [-0.39, 0.29) is 17.6 Å². The van der Waals surface area contributed by atoms with E-state index >= 15 is 0 Å². The number of piperazine rings is 1. The molecule has 9 nitrogen and oxygen atoms in total. The molecule has 1 aliphatic rings. The Labute approximate surface area is 218 Å². The molecule has 0 atom stereocenters. The standard InChI is InChI=1S/C27H29N7O2S/c1-27(2,3)23-14-19(32-36-23)13-20(35)12-17-4-6-18(7-5-17)21-16-34-22-15-29-25(33-10-8-28-9-11-33)31-24(22)37-26(34)30-21/h4-7,14-16,28H,8-13H2,1-3H3. The monoisotopic (exact) mass is 515 g/mol. The van der Waals surface area contributed by atoms with Gasteiger partial charge in [0.2, 0.25) is 5.95 Å². The van der Waals surface area contributed by atoms with Crippen molar-refractivity contribution in [3.05, 3.63) is 59.7 Å². The van der Waals surface area contributed by atoms with Crippen molar-refractivity contribution in [1.29, 1.82) is 0 Å². The van der Waals surface area contributed by atoms with Crippen LogP contribution in [-0.4, -0.2) is 56.5 Å². The summed E-state index contributed by atoms with van der Waals surface area (Å²) in [5, 5.41) is 7.42. The number of Topliss-reactive ketones (excluding diaryl/α,β-unsaturated/α-hetero) is 1. The third-order valence-electron chi connectivity index (χ3n) is 6.57. The minimum absolute atomic E-state index is 0.107. The average Bonchev–Trinajstić information content (AvgIpc) is 3.59. The van der Waals surface area contributed by atoms with Crippen molar-refractivity contribution in [3.8, 4) is 11.3 Å². The van der Waals surface area contributed by atoms with Crippen LogP contribution in [0.4, 0.5) is 5.95 Å². The highest BCUT2D eigenvalue weighted by molar-refractivity contribution is 7.23. The Hall–Kier alpha value is -3.63. The van der Waals surface area contributed by atoms with Gasteiger partial charge in [-0.05, 0) is 5.56 Å². The van der Waals surface area contributed by atoms with Crippen molar-refractivity contribution in [3.63, 3.8) is 0 Å². The minimum Gasteiger partial charge on any atom is -0.361 e. The molecule has 10 heteroatoms. The molecule has 0 radical (unpaired) electrons. The second-order valence-corrected chi connectivity index (χ2v) is 11.5. The van der Waals surface area contributed by atoms with E-state index in [1.165, 1.54) is 0 Å². The molecule has 4 aromatic heterocycles. The summed E-state index contributed by atoms with van der Waals surface area (Å²) in [4.78, 5) is 30.9. The lowest BCUT2D eigenvalue weighted by Gasteiger charge is -2.27. The van der Waals surface area contributed by atoms with Gasteiger partial charge in [0.15, 0.2) is 4.96 Å². The second kappa shape index (κ2) is 9.35. The Morgan fingerprint density at radius 1 is 1.11 bits per heavy atom. The van der Waals surface area contributed by atoms with E-state index in [2.05, 4.69) is 45.5 Å². The van der Waals surface area contributed by atoms with E-state index < -0.39 is 0 Å². The zero-order chi connectivity index (χ0) is 25.6. The largest absolute Gasteiger partial charge is 0.361 e. The van der Waals surface area contributed by atoms with Gasteiger partial charge in [-0.15, -0.1) is 0 Å². The van der Waals surface area contributed by atoms with Crippen LogP contribution in [0.25, 0.3) is 26.6 Å². The topological polar surface area (TPSA) is 101 Å². The van der Waals surface area contributed by atoms with Gasteiger partial charge < -0.3 is 14.7 Å². The Bertz CT molecular complexity index is 1570. The lowest BCUT2D eigenvalue weighted by Crippen LogP contribution is -2.44. The van der Waals surface area contributed by atoms with Crippen molar-refractivity contribution in [2.24, 2.45) is 0 Å². The van der Waals surface area contributed by atoms with Crippen LogP contribution in [0.15, 0.2) is 47.2 Å². The summed E-state index contributed by atoms with van der Waals surface area (Å²) < 4.78 is 7.45. The number of ketones is 1. The first-order valence-electron chi connectivity index (χ1n) is 12.5. The summed E-state index contributed by atoms with van der Waals surface area (Å²) in [6.45, 7) is 9.91. The number of benzene rings is 1. The molecule has 1 saturated heterocycles. The van der Waals surface area contributed by atoms with E-state index in [1.54, 1.807) is 11.3 Å². The maximum absolute atomic E-state index is 12.6. The first-order valence-corrected chi connectivity index (χ1v) is 13.3. The molecule has 0 saturated carbocycles. The lowest BCUT2D eigenvalue weighted by atomic mass is 9.93. The van der Waals surface area contributed by atoms with Crippen LogP contribution in [0.3, 0.4) is 0 Å². The first-order chi connectivity index (χ1) is 17.8. The quantitative estimate of drug-likeness (QED) is 0.361. The number of imidazole rings is 1. The van der Waals surface area contributed by atoms with E-state index in [4.69, 9.17) is 14.5 Å². The number of carbonyl (C=O) groups excluding carboxylic acids is 1. The molecule has 1 N–H and O–H groups in total. The van der Waals surface area contributed by atoms with Crippen molar-refractivity contribution in [2.75, 3.05) is 31.1 Å². The van der Waals surface area contributed by atoms with Crippen molar-refractivity contribution in [1.82, 2.24) is 29.8 Å². The fourth-order valence-electron chi connectivity index (χ4n) is 4.48. The summed E-state index contributed by atoms with van der Waals surface area (Å²) in [5.74, 6) is 1.68. The third-order valence-corrected chi connectivity index (χ3v) is 7.54. The van der Waals surface area contributed by atoms with Gasteiger partial charge in [-0.1, -0.05) is 61.5 Å². The van der Waals surface area contributed by atoms with Gasteiger partial charge >= 0.3 is 0 Å². The molecular weight excluding hydrogens is 486 g/mol. The van der Waals surface area contributed by atoms with Crippen molar-refractivity contribution >= 4 is 38.4 Å². The zero-order valence-corrected chi connectivity index (χ0v) is 22.0. The molecule has 5 aromatic rings. The maximum atomic E-state index is 12.6. The average molecular weight is 516 g/mol. The number of hydrogen-bond acceptors (Lipinski definition) is 9. The summed E-state index contributed by atoms with van der Waals surface area (Å²) in [5.41, 5.74) is 4.37. The van der Waals surface area contributed by atoms with Gasteiger partial charge in [0, 0.05) is 55.8 Å². The predicted octanol–water partition coefficient (Wildman–Crippen LogP) is 4.06. The molecule has 1 aliphatic heterocycles. The molecule has 0 unspecified atom stereocenters. The highest BCUT2D eigenvalue weighted by Crippen LogP contribution is 2.29. The Morgan fingerprint density at radius 3 is 2.62 bits per heavy atom. The molecule has 6 rings (SSSR count). The summed E-state index contributed by atoms with van der Waals surface area (Å²) in [6.07, 6.45) is 4.54. The maximum Gasteiger partial charge on any atom is 0.226 e. The molecule has 1 aromatic carbocycles. The number of hydrogen-bond donors (Lipinski definition) is 1. The number of anilines is 1. The Morgan fingerprint density at radius 2 is 1.89 bits per heavy atom. The highest BCUT2D eigenvalue weighted by atomic mass is 32.1. The second-order valence-electron chi connectivity index (χ2n) is 10.5. The fourth-order valence-corrected chi connectivity index (χ4v) is 5.43. The fraction of sp³-hybridized carbons (Fsp3) is 0.370. The van der Waals surface area contributed by atoms with Gasteiger partial charge in [-0.25, -0.2) is 15.0 Å². The molecule has 37 heavy (non-hydrogen) atoms. The van der Waals surface area contributed by atoms with Crippen LogP contribution in [0.2, 0.25) is 0 Å². The predicted molar refractivity (Wildman–Crippen MR) is 144 cm³/mol. The number of carbonyl (C=O) groups is 1. The lowest BCUT2D eigenvalue weighted by molar-refractivity contribution is -0.117. The van der Waals surface area contributed by atoms with Gasteiger partial charge in [0.05, 0.1) is 24.0 Å². The van der Waals surface area contributed by atoms with Crippen LogP contribution in [0.5, 0.6) is 0 Å². The first kappa shape index (κ1) is 23.7. The SMILES string of the molecule is CC(C)(C)c1cc(CC(=O)Cc2ccc(-c3cn4c(n3)sc3nc(N5CCNCC5)ncc34)cc2)no1. The number of aromatic nitrogens is 5. The molecule has 1 fully saturated rings. The number of thiazole rings is 1. The van der Waals surface area contributed by atoms with E-state index in [0.717, 1.165) is 70.0 Å². The number of nitrogens with one attached hydrogen (secondary N) is 1. The van der Waals surface area contributed by atoms with Crippen molar-refractivity contribution in [2.45, 2.75) is 39.0 Å². The molecule has 0 amide bonds. The van der Waals surface area contributed by atoms with Crippen LogP contribution in [-0.2, 0) is 23.1 Å². The van der Waals surface area contributed by atoms with Gasteiger partial charge in [-0.3, -0.25) is 9.20 Å². The number of nitrogens with zero attached hydrogens (tertiary/aromatic N) is 6. The van der Waals surface area contributed by atoms with Gasteiger partial charge in [-0.2, -0.15) is 0 Å². The minimum atomic E-state index is -0.126. The number of fused-ring (bicyclic) bond motifs is 3. The molecule has 0 aliphatic carbocycles. The zero-order valence-electron chi connectivity index (χ0n) is 21.2. The Kier molecular flexibility index (Phi) is 6.00. The van der Waals surface area contributed by atoms with Gasteiger partial charge in [0.1, 0.15) is 21.9 Å². The smallest absolute Gasteiger partial charge is 0.226 e. The van der Waals surface area contributed by atoms with Crippen LogP contribution < -0.4 is 10.2 Å². The van der Waals surface area contributed by atoms with E-state index in [0.29, 0.717) is 12.1 Å². The van der Waals surface area contributed by atoms with Crippen LogP contribution >= 0.6 is 11.3 Å². The summed E-state index contributed by atoms with van der Waals surface area (Å²) in [6, 6.07) is 9.90. The molecule has 5 heterocycles. The molecular formula is C27H29N7O2S. The van der Waals surface area contributed by atoms with E-state index in [1.807, 2.05) is 42.7 Å². The van der Waals surface area contributed by atoms with E-state index in [9.17, 15) is 4.79 Å². The molecule has 190 valence electrons. The Balaban J connectivity index is 1.15. The summed E-state index contributed by atoms with van der Waals surface area (Å²) >= 11 is 1.57. The number of rotatable bonds is 6. The van der Waals surface area contributed by atoms with Crippen LogP contribution in [0.1, 0.15) is 37.8 Å². The molecule has 0 bridgehead atoms. The molecule has 0 spiro atoms. The summed E-state index contributed by atoms with van der Waals surface area (Å²) in [7, 11) is 0. The van der Waals surface area contributed by atoms with Crippen LogP contribution in [0, 0.1) is 0 Å². The van der Waals surface area contributed by atoms with Crippen molar-refractivity contribution < 1.29 is 9.32 Å². The van der Waals surface area contributed by atoms with Gasteiger partial charge in [0.25, 0.3) is 0 Å².